The van der Waals surface area contributed by atoms with Crippen LogP contribution in [-0.4, -0.2) is 33.6 Å². The fraction of sp³-hybridized carbons (Fsp3) is 0.250. The minimum atomic E-state index is -0.549. The molecule has 0 bridgehead atoms. The summed E-state index contributed by atoms with van der Waals surface area (Å²) in [6, 6.07) is 11.3. The Labute approximate surface area is 130 Å². The van der Waals surface area contributed by atoms with Crippen molar-refractivity contribution < 1.29 is 5.11 Å². The number of nitrogens with zero attached hydrogens (tertiary/aromatic N) is 2. The molecule has 0 aliphatic rings. The highest BCUT2D eigenvalue weighted by atomic mass is 32.1. The molecule has 0 radical (unpaired) electrons. The average molecular weight is 301 g/mol. The van der Waals surface area contributed by atoms with Gasteiger partial charge in [-0.3, -0.25) is 9.88 Å². The minimum Gasteiger partial charge on any atom is -0.389 e. The Morgan fingerprint density at radius 1 is 1.33 bits per heavy atom. The Morgan fingerprint density at radius 3 is 2.62 bits per heavy atom. The van der Waals surface area contributed by atoms with Crippen LogP contribution in [0.3, 0.4) is 0 Å². The van der Waals surface area contributed by atoms with Crippen molar-refractivity contribution in [3.63, 3.8) is 0 Å². The average Bonchev–Trinajstić information content (AvgIpc) is 2.48. The summed E-state index contributed by atoms with van der Waals surface area (Å²) in [6.45, 7) is 1.29. The van der Waals surface area contributed by atoms with E-state index in [-0.39, 0.29) is 0 Å². The number of rotatable bonds is 6. The topological polar surface area (TPSA) is 62.4 Å². The number of aliphatic hydroxyl groups is 1. The van der Waals surface area contributed by atoms with Crippen LogP contribution in [0.15, 0.2) is 48.8 Å². The fourth-order valence-electron chi connectivity index (χ4n) is 2.14. The van der Waals surface area contributed by atoms with Crippen LogP contribution in [0.5, 0.6) is 0 Å². The summed E-state index contributed by atoms with van der Waals surface area (Å²) in [7, 11) is 1.97. The molecule has 1 aromatic heterocycles. The van der Waals surface area contributed by atoms with Crippen molar-refractivity contribution in [2.45, 2.75) is 12.6 Å². The normalized spacial score (nSPS) is 12.3. The minimum absolute atomic E-state index is 0.365. The van der Waals surface area contributed by atoms with Crippen molar-refractivity contribution in [2.75, 3.05) is 13.6 Å². The van der Waals surface area contributed by atoms with E-state index in [9.17, 15) is 5.11 Å². The van der Waals surface area contributed by atoms with Crippen LogP contribution < -0.4 is 5.73 Å². The molecule has 3 N–H and O–H groups in total. The lowest BCUT2D eigenvalue weighted by Gasteiger charge is -2.21. The number of benzene rings is 1. The third kappa shape index (κ3) is 4.60. The molecule has 21 heavy (non-hydrogen) atoms. The van der Waals surface area contributed by atoms with Gasteiger partial charge in [-0.25, -0.2) is 0 Å². The number of nitrogens with two attached hydrogens (primary N) is 1. The van der Waals surface area contributed by atoms with E-state index in [4.69, 9.17) is 18.0 Å². The second kappa shape index (κ2) is 7.26. The quantitative estimate of drug-likeness (QED) is 0.798. The Balaban J connectivity index is 1.94. The molecule has 2 rings (SSSR count). The van der Waals surface area contributed by atoms with Gasteiger partial charge in [0.1, 0.15) is 4.99 Å². The fourth-order valence-corrected chi connectivity index (χ4v) is 2.27. The van der Waals surface area contributed by atoms with Crippen molar-refractivity contribution in [2.24, 2.45) is 5.73 Å². The predicted molar refractivity (Wildman–Crippen MR) is 87.9 cm³/mol. The van der Waals surface area contributed by atoms with Gasteiger partial charge in [-0.2, -0.15) is 0 Å². The number of thiocarbonyl (C=S) groups is 1. The van der Waals surface area contributed by atoms with Crippen molar-refractivity contribution in [1.82, 2.24) is 9.88 Å². The Morgan fingerprint density at radius 2 is 2.05 bits per heavy atom. The number of likely N-dealkylation sites (N-methyl/N-ethyl adjacent to an activating group) is 1. The standard InChI is InChI=1S/C16H19N3OS/c1-19(10-12-3-2-8-18-9-12)11-15(20)13-4-6-14(7-5-13)16(17)21/h2-9,15,20H,10-11H2,1H3,(H2,17,21). The summed E-state index contributed by atoms with van der Waals surface area (Å²) in [4.78, 5) is 6.51. The van der Waals surface area contributed by atoms with Crippen molar-refractivity contribution in [3.8, 4) is 0 Å². The van der Waals surface area contributed by atoms with Crippen LogP contribution in [-0.2, 0) is 6.54 Å². The molecule has 110 valence electrons. The van der Waals surface area contributed by atoms with E-state index in [0.717, 1.165) is 23.2 Å². The Kier molecular flexibility index (Phi) is 5.38. The second-order valence-corrected chi connectivity index (χ2v) is 5.50. The molecule has 0 amide bonds. The molecule has 0 fully saturated rings. The van der Waals surface area contributed by atoms with Crippen LogP contribution in [0.1, 0.15) is 22.8 Å². The van der Waals surface area contributed by atoms with E-state index in [1.54, 1.807) is 6.20 Å². The molecule has 1 unspecified atom stereocenters. The summed E-state index contributed by atoms with van der Waals surface area (Å²) >= 11 is 4.91. The second-order valence-electron chi connectivity index (χ2n) is 5.06. The lowest BCUT2D eigenvalue weighted by atomic mass is 10.1. The predicted octanol–water partition coefficient (Wildman–Crippen LogP) is 1.88. The van der Waals surface area contributed by atoms with E-state index in [1.165, 1.54) is 0 Å². The highest BCUT2D eigenvalue weighted by Crippen LogP contribution is 2.16. The molecule has 1 aromatic carbocycles. The van der Waals surface area contributed by atoms with Crippen LogP contribution in [0.25, 0.3) is 0 Å². The molecule has 1 heterocycles. The summed E-state index contributed by atoms with van der Waals surface area (Å²) in [5.74, 6) is 0. The largest absolute Gasteiger partial charge is 0.389 e. The van der Waals surface area contributed by atoms with Gasteiger partial charge in [-0.15, -0.1) is 0 Å². The summed E-state index contributed by atoms with van der Waals surface area (Å²) in [6.07, 6.45) is 3.04. The molecule has 0 saturated heterocycles. The lowest BCUT2D eigenvalue weighted by Crippen LogP contribution is -2.24. The SMILES string of the molecule is CN(Cc1cccnc1)CC(O)c1ccc(C(N)=S)cc1. The first-order valence-electron chi connectivity index (χ1n) is 6.71. The summed E-state index contributed by atoms with van der Waals surface area (Å²) in [5, 5.41) is 10.3. The molecule has 0 aliphatic carbocycles. The zero-order chi connectivity index (χ0) is 15.2. The van der Waals surface area contributed by atoms with Crippen LogP contribution in [0, 0.1) is 0 Å². The molecular weight excluding hydrogens is 282 g/mol. The van der Waals surface area contributed by atoms with E-state index in [0.29, 0.717) is 11.5 Å². The summed E-state index contributed by atoms with van der Waals surface area (Å²) in [5.41, 5.74) is 8.35. The van der Waals surface area contributed by atoms with Gasteiger partial charge >= 0.3 is 0 Å². The van der Waals surface area contributed by atoms with Crippen LogP contribution in [0.2, 0.25) is 0 Å². The number of hydrogen-bond donors (Lipinski definition) is 2. The molecule has 2 aromatic rings. The van der Waals surface area contributed by atoms with E-state index in [1.807, 2.05) is 49.6 Å². The highest BCUT2D eigenvalue weighted by Gasteiger charge is 2.11. The third-order valence-electron chi connectivity index (χ3n) is 3.24. The lowest BCUT2D eigenvalue weighted by molar-refractivity contribution is 0.124. The van der Waals surface area contributed by atoms with Gasteiger partial charge in [0.05, 0.1) is 6.10 Å². The number of pyridine rings is 1. The molecule has 1 atom stereocenters. The van der Waals surface area contributed by atoms with Gasteiger partial charge in [0.2, 0.25) is 0 Å². The third-order valence-corrected chi connectivity index (χ3v) is 3.48. The molecule has 4 nitrogen and oxygen atoms in total. The van der Waals surface area contributed by atoms with Gasteiger partial charge in [0.25, 0.3) is 0 Å². The van der Waals surface area contributed by atoms with Gasteiger partial charge in [0.15, 0.2) is 0 Å². The van der Waals surface area contributed by atoms with Gasteiger partial charge in [0, 0.05) is 31.0 Å². The molecule has 0 spiro atoms. The smallest absolute Gasteiger partial charge is 0.103 e. The first-order valence-corrected chi connectivity index (χ1v) is 7.12. The van der Waals surface area contributed by atoms with Crippen LogP contribution in [0.4, 0.5) is 0 Å². The maximum Gasteiger partial charge on any atom is 0.103 e. The van der Waals surface area contributed by atoms with E-state index < -0.39 is 6.10 Å². The number of aliphatic hydroxyl groups excluding tert-OH is 1. The van der Waals surface area contributed by atoms with Gasteiger partial charge in [-0.05, 0) is 24.2 Å². The maximum absolute atomic E-state index is 10.3. The zero-order valence-corrected chi connectivity index (χ0v) is 12.8. The summed E-state index contributed by atoms with van der Waals surface area (Å²) < 4.78 is 0. The molecule has 0 aliphatic heterocycles. The monoisotopic (exact) mass is 301 g/mol. The number of hydrogen-bond acceptors (Lipinski definition) is 4. The molecule has 5 heteroatoms. The van der Waals surface area contributed by atoms with E-state index >= 15 is 0 Å². The maximum atomic E-state index is 10.3. The highest BCUT2D eigenvalue weighted by molar-refractivity contribution is 7.80. The van der Waals surface area contributed by atoms with Gasteiger partial charge in [-0.1, -0.05) is 42.5 Å². The zero-order valence-electron chi connectivity index (χ0n) is 11.9. The first kappa shape index (κ1) is 15.6. The van der Waals surface area contributed by atoms with E-state index in [2.05, 4.69) is 9.88 Å². The van der Waals surface area contributed by atoms with Gasteiger partial charge < -0.3 is 10.8 Å². The Hall–Kier alpha value is -1.82. The molecular formula is C16H19N3OS. The van der Waals surface area contributed by atoms with Crippen molar-refractivity contribution >= 4 is 17.2 Å². The van der Waals surface area contributed by atoms with Crippen molar-refractivity contribution in [1.29, 1.82) is 0 Å². The number of aromatic nitrogens is 1. The van der Waals surface area contributed by atoms with Crippen LogP contribution >= 0.6 is 12.2 Å². The Bertz CT molecular complexity index is 586. The molecule has 0 saturated carbocycles. The first-order chi connectivity index (χ1) is 10.1. The van der Waals surface area contributed by atoms with Crippen molar-refractivity contribution in [3.05, 3.63) is 65.5 Å².